The molecule has 1 aliphatic heterocycles. The predicted octanol–water partition coefficient (Wildman–Crippen LogP) is 3.90. The van der Waals surface area contributed by atoms with Gasteiger partial charge in [-0.3, -0.25) is 4.90 Å². The van der Waals surface area contributed by atoms with Crippen molar-refractivity contribution in [3.05, 3.63) is 35.9 Å². The minimum atomic E-state index is 0.657. The number of fused-ring (bicyclic) bond motifs is 1. The number of hydrogen-bond donors (Lipinski definition) is 1. The smallest absolute Gasteiger partial charge is 0.130 e. The molecule has 112 valence electrons. The fourth-order valence-corrected chi connectivity index (χ4v) is 3.41. The first kappa shape index (κ1) is 14.3. The van der Waals surface area contributed by atoms with Crippen LogP contribution >= 0.6 is 0 Å². The van der Waals surface area contributed by atoms with E-state index in [-0.39, 0.29) is 0 Å². The molecule has 2 heterocycles. The molecule has 1 aliphatic rings. The van der Waals surface area contributed by atoms with Gasteiger partial charge in [0.05, 0.1) is 5.52 Å². The number of nitrogens with zero attached hydrogens (tertiary/aromatic N) is 2. The van der Waals surface area contributed by atoms with Crippen molar-refractivity contribution in [2.45, 2.75) is 39.3 Å². The van der Waals surface area contributed by atoms with E-state index in [0.29, 0.717) is 6.04 Å². The zero-order valence-corrected chi connectivity index (χ0v) is 13.3. The van der Waals surface area contributed by atoms with Crippen LogP contribution in [0.4, 0.5) is 5.82 Å². The molecule has 3 rings (SSSR count). The van der Waals surface area contributed by atoms with E-state index in [4.69, 9.17) is 4.98 Å². The molecule has 1 N–H and O–H groups in total. The Balaban J connectivity index is 1.88. The molecule has 1 aromatic carbocycles. The first-order chi connectivity index (χ1) is 10.2. The van der Waals surface area contributed by atoms with Gasteiger partial charge in [0, 0.05) is 30.6 Å². The molecule has 0 saturated carbocycles. The number of benzene rings is 1. The molecule has 21 heavy (non-hydrogen) atoms. The summed E-state index contributed by atoms with van der Waals surface area (Å²) in [4.78, 5) is 7.35. The molecule has 0 amide bonds. The maximum Gasteiger partial charge on any atom is 0.130 e. The van der Waals surface area contributed by atoms with Gasteiger partial charge in [-0.15, -0.1) is 0 Å². The van der Waals surface area contributed by atoms with Crippen molar-refractivity contribution in [2.24, 2.45) is 5.92 Å². The van der Waals surface area contributed by atoms with Crippen LogP contribution in [0.15, 0.2) is 30.3 Å². The van der Waals surface area contributed by atoms with Crippen molar-refractivity contribution in [3.63, 3.8) is 0 Å². The van der Waals surface area contributed by atoms with E-state index >= 15 is 0 Å². The van der Waals surface area contributed by atoms with E-state index < -0.39 is 0 Å². The minimum absolute atomic E-state index is 0.657. The summed E-state index contributed by atoms with van der Waals surface area (Å²) in [7, 11) is 1.96. The highest BCUT2D eigenvalue weighted by atomic mass is 15.2. The maximum absolute atomic E-state index is 4.76. The lowest BCUT2D eigenvalue weighted by molar-refractivity contribution is 0.122. The Labute approximate surface area is 127 Å². The second-order valence-electron chi connectivity index (χ2n) is 6.39. The van der Waals surface area contributed by atoms with Crippen LogP contribution in [0.1, 0.15) is 32.3 Å². The second kappa shape index (κ2) is 6.02. The summed E-state index contributed by atoms with van der Waals surface area (Å²) in [5, 5.41) is 4.49. The Kier molecular flexibility index (Phi) is 4.11. The van der Waals surface area contributed by atoms with Crippen LogP contribution in [-0.4, -0.2) is 29.5 Å². The van der Waals surface area contributed by atoms with Gasteiger partial charge in [-0.05, 0) is 44.4 Å². The molecule has 0 radical (unpaired) electrons. The lowest BCUT2D eigenvalue weighted by atomic mass is 9.93. The summed E-state index contributed by atoms with van der Waals surface area (Å²) in [6.07, 6.45) is 2.61. The quantitative estimate of drug-likeness (QED) is 0.926. The first-order valence-corrected chi connectivity index (χ1v) is 7.98. The zero-order valence-electron chi connectivity index (χ0n) is 13.3. The van der Waals surface area contributed by atoms with Gasteiger partial charge >= 0.3 is 0 Å². The molecule has 1 saturated heterocycles. The average Bonchev–Trinajstić information content (AvgIpc) is 2.49. The number of rotatable bonds is 3. The van der Waals surface area contributed by atoms with Crippen LogP contribution in [0.25, 0.3) is 10.9 Å². The van der Waals surface area contributed by atoms with Gasteiger partial charge in [-0.1, -0.05) is 25.1 Å². The fraction of sp³-hybridized carbons (Fsp3) is 0.500. The predicted molar refractivity (Wildman–Crippen MR) is 89.6 cm³/mol. The third kappa shape index (κ3) is 3.03. The van der Waals surface area contributed by atoms with Gasteiger partial charge in [-0.25, -0.2) is 4.98 Å². The molecular formula is C18H25N3. The maximum atomic E-state index is 4.76. The van der Waals surface area contributed by atoms with Crippen molar-refractivity contribution in [2.75, 3.05) is 18.9 Å². The summed E-state index contributed by atoms with van der Waals surface area (Å²) >= 11 is 0. The summed E-state index contributed by atoms with van der Waals surface area (Å²) in [5.74, 6) is 1.87. The van der Waals surface area contributed by atoms with Crippen LogP contribution in [0.2, 0.25) is 0 Å². The molecule has 3 nitrogen and oxygen atoms in total. The van der Waals surface area contributed by atoms with Gasteiger partial charge in [0.1, 0.15) is 5.82 Å². The van der Waals surface area contributed by atoms with Gasteiger partial charge in [0.2, 0.25) is 0 Å². The molecule has 0 bridgehead atoms. The second-order valence-corrected chi connectivity index (χ2v) is 6.39. The molecular weight excluding hydrogens is 258 g/mol. The van der Waals surface area contributed by atoms with Crippen molar-refractivity contribution in [1.29, 1.82) is 0 Å². The van der Waals surface area contributed by atoms with Gasteiger partial charge in [0.25, 0.3) is 0 Å². The number of aromatic nitrogens is 1. The number of piperidine rings is 1. The Morgan fingerprint density at radius 3 is 2.86 bits per heavy atom. The molecule has 2 aromatic rings. The zero-order chi connectivity index (χ0) is 14.8. The number of likely N-dealkylation sites (tertiary alicyclic amines) is 1. The van der Waals surface area contributed by atoms with Gasteiger partial charge < -0.3 is 5.32 Å². The number of nitrogens with one attached hydrogen (secondary N) is 1. The summed E-state index contributed by atoms with van der Waals surface area (Å²) in [6.45, 7) is 6.90. The highest BCUT2D eigenvalue weighted by molar-refractivity contribution is 5.81. The normalized spacial score (nSPS) is 23.4. The lowest BCUT2D eigenvalue weighted by Gasteiger charge is -2.36. The fourth-order valence-electron chi connectivity index (χ4n) is 3.41. The number of para-hydroxylation sites is 1. The van der Waals surface area contributed by atoms with Crippen LogP contribution in [0.3, 0.4) is 0 Å². The SMILES string of the molecule is CNc1nc2ccccc2cc1CN1CCC(C)CC1C. The van der Waals surface area contributed by atoms with Gasteiger partial charge in [0.15, 0.2) is 0 Å². The van der Waals surface area contributed by atoms with Crippen molar-refractivity contribution < 1.29 is 0 Å². The largest absolute Gasteiger partial charge is 0.373 e. The molecule has 0 spiro atoms. The average molecular weight is 283 g/mol. The van der Waals surface area contributed by atoms with Crippen LogP contribution in [0, 0.1) is 5.92 Å². The monoisotopic (exact) mass is 283 g/mol. The van der Waals surface area contributed by atoms with Crippen LogP contribution in [-0.2, 0) is 6.54 Å². The van der Waals surface area contributed by atoms with Crippen LogP contribution < -0.4 is 5.32 Å². The lowest BCUT2D eigenvalue weighted by Crippen LogP contribution is -2.39. The summed E-state index contributed by atoms with van der Waals surface area (Å²) in [6, 6.07) is 11.3. The third-order valence-corrected chi connectivity index (χ3v) is 4.69. The Hall–Kier alpha value is -1.61. The van der Waals surface area contributed by atoms with Crippen LogP contribution in [0.5, 0.6) is 0 Å². The highest BCUT2D eigenvalue weighted by Gasteiger charge is 2.23. The number of pyridine rings is 1. The van der Waals surface area contributed by atoms with E-state index in [2.05, 4.69) is 48.3 Å². The minimum Gasteiger partial charge on any atom is -0.373 e. The van der Waals surface area contributed by atoms with Gasteiger partial charge in [-0.2, -0.15) is 0 Å². The van der Waals surface area contributed by atoms with E-state index in [1.165, 1.54) is 30.3 Å². The standard InChI is InChI=1S/C18H25N3/c1-13-8-9-21(14(2)10-13)12-16-11-15-6-4-5-7-17(15)20-18(16)19-3/h4-7,11,13-14H,8-10,12H2,1-3H3,(H,19,20). The number of anilines is 1. The van der Waals surface area contributed by atoms with Crippen molar-refractivity contribution in [1.82, 2.24) is 9.88 Å². The Bertz CT molecular complexity index is 623. The van der Waals surface area contributed by atoms with E-state index in [9.17, 15) is 0 Å². The molecule has 2 unspecified atom stereocenters. The molecule has 3 heteroatoms. The van der Waals surface area contributed by atoms with Crippen molar-refractivity contribution >= 4 is 16.7 Å². The summed E-state index contributed by atoms with van der Waals surface area (Å²) in [5.41, 5.74) is 2.36. The third-order valence-electron chi connectivity index (χ3n) is 4.69. The Morgan fingerprint density at radius 1 is 1.29 bits per heavy atom. The number of hydrogen-bond acceptors (Lipinski definition) is 3. The van der Waals surface area contributed by atoms with E-state index in [0.717, 1.165) is 23.8 Å². The summed E-state index contributed by atoms with van der Waals surface area (Å²) < 4.78 is 0. The topological polar surface area (TPSA) is 28.2 Å². The Morgan fingerprint density at radius 2 is 2.10 bits per heavy atom. The molecule has 0 aliphatic carbocycles. The first-order valence-electron chi connectivity index (χ1n) is 7.98. The van der Waals surface area contributed by atoms with E-state index in [1.807, 2.05) is 13.1 Å². The van der Waals surface area contributed by atoms with E-state index in [1.54, 1.807) is 0 Å². The molecule has 1 aromatic heterocycles. The van der Waals surface area contributed by atoms with Crippen molar-refractivity contribution in [3.8, 4) is 0 Å². The molecule has 2 atom stereocenters. The molecule has 1 fully saturated rings. The highest BCUT2D eigenvalue weighted by Crippen LogP contribution is 2.27.